The van der Waals surface area contributed by atoms with Gasteiger partial charge in [0.2, 0.25) is 0 Å². The van der Waals surface area contributed by atoms with Crippen molar-refractivity contribution in [1.82, 2.24) is 4.90 Å². The summed E-state index contributed by atoms with van der Waals surface area (Å²) in [7, 11) is 0. The number of amides is 1. The lowest BCUT2D eigenvalue weighted by Crippen LogP contribution is -2.49. The summed E-state index contributed by atoms with van der Waals surface area (Å²) in [5.41, 5.74) is 0.0972. The smallest absolute Gasteiger partial charge is 0.257 e. The molecule has 1 heterocycles. The van der Waals surface area contributed by atoms with Crippen LogP contribution in [0, 0.1) is 5.82 Å². The van der Waals surface area contributed by atoms with Gasteiger partial charge in [0.25, 0.3) is 5.91 Å². The zero-order valence-corrected chi connectivity index (χ0v) is 10.9. The number of benzene rings is 1. The largest absolute Gasteiger partial charge is 0.370 e. The Morgan fingerprint density at radius 2 is 2.22 bits per heavy atom. The van der Waals surface area contributed by atoms with E-state index in [1.54, 1.807) is 17.0 Å². The highest BCUT2D eigenvalue weighted by Crippen LogP contribution is 2.17. The fourth-order valence-corrected chi connectivity index (χ4v) is 2.27. The Kier molecular flexibility index (Phi) is 4.19. The Bertz CT molecular complexity index is 441. The minimum atomic E-state index is -0.496. The SMILES string of the molecule is CC1CN(C(=O)c2ccccc2F)CC(CCl)O1. The standard InChI is InChI=1S/C13H15ClFNO2/c1-9-7-16(8-10(6-14)18-9)13(17)11-4-2-3-5-12(11)15/h2-5,9-10H,6-8H2,1H3. The molecule has 1 amide bonds. The number of carbonyl (C=O) groups excluding carboxylic acids is 1. The fourth-order valence-electron chi connectivity index (χ4n) is 2.10. The molecule has 1 saturated heterocycles. The lowest BCUT2D eigenvalue weighted by molar-refractivity contribution is -0.0571. The molecule has 98 valence electrons. The van der Waals surface area contributed by atoms with Gasteiger partial charge in [-0.15, -0.1) is 11.6 Å². The Labute approximate surface area is 110 Å². The average molecular weight is 272 g/mol. The molecular weight excluding hydrogens is 257 g/mol. The van der Waals surface area contributed by atoms with Crippen LogP contribution >= 0.6 is 11.6 Å². The normalized spacial score (nSPS) is 24.1. The van der Waals surface area contributed by atoms with Gasteiger partial charge in [0.05, 0.1) is 23.7 Å². The molecule has 3 nitrogen and oxygen atoms in total. The van der Waals surface area contributed by atoms with Crippen LogP contribution in [0.5, 0.6) is 0 Å². The Morgan fingerprint density at radius 1 is 1.50 bits per heavy atom. The van der Waals surface area contributed by atoms with E-state index in [1.165, 1.54) is 12.1 Å². The minimum Gasteiger partial charge on any atom is -0.370 e. The van der Waals surface area contributed by atoms with Gasteiger partial charge in [-0.2, -0.15) is 0 Å². The van der Waals surface area contributed by atoms with Crippen molar-refractivity contribution in [3.8, 4) is 0 Å². The van der Waals surface area contributed by atoms with Crippen LogP contribution in [0.25, 0.3) is 0 Å². The first-order chi connectivity index (χ1) is 8.61. The van der Waals surface area contributed by atoms with E-state index in [1.807, 2.05) is 6.92 Å². The summed E-state index contributed by atoms with van der Waals surface area (Å²) in [5, 5.41) is 0. The van der Waals surface area contributed by atoms with Gasteiger partial charge in [0.15, 0.2) is 0 Å². The predicted octanol–water partition coefficient (Wildman–Crippen LogP) is 2.29. The van der Waals surface area contributed by atoms with E-state index in [9.17, 15) is 9.18 Å². The van der Waals surface area contributed by atoms with Crippen molar-refractivity contribution in [2.24, 2.45) is 0 Å². The summed E-state index contributed by atoms with van der Waals surface area (Å²) in [5.74, 6) is -0.479. The summed E-state index contributed by atoms with van der Waals surface area (Å²) in [6.45, 7) is 2.74. The summed E-state index contributed by atoms with van der Waals surface area (Å²) >= 11 is 5.76. The molecule has 2 atom stereocenters. The molecule has 0 aliphatic carbocycles. The first kappa shape index (κ1) is 13.3. The number of alkyl halides is 1. The number of halogens is 2. The second-order valence-corrected chi connectivity index (χ2v) is 4.72. The molecule has 0 N–H and O–H groups in total. The molecule has 0 saturated carbocycles. The van der Waals surface area contributed by atoms with Crippen molar-refractivity contribution in [1.29, 1.82) is 0 Å². The van der Waals surface area contributed by atoms with E-state index in [0.29, 0.717) is 19.0 Å². The van der Waals surface area contributed by atoms with E-state index in [2.05, 4.69) is 0 Å². The number of carbonyl (C=O) groups is 1. The minimum absolute atomic E-state index is 0.0850. The third kappa shape index (κ3) is 2.82. The average Bonchev–Trinajstić information content (AvgIpc) is 2.37. The summed E-state index contributed by atoms with van der Waals surface area (Å²) < 4.78 is 19.1. The van der Waals surface area contributed by atoms with Crippen molar-refractivity contribution in [3.63, 3.8) is 0 Å². The van der Waals surface area contributed by atoms with Gasteiger partial charge in [0, 0.05) is 13.1 Å². The Morgan fingerprint density at radius 3 is 2.89 bits per heavy atom. The molecule has 1 aromatic rings. The molecule has 1 aliphatic rings. The van der Waals surface area contributed by atoms with Crippen molar-refractivity contribution in [2.45, 2.75) is 19.1 Å². The summed E-state index contributed by atoms with van der Waals surface area (Å²) in [4.78, 5) is 13.8. The highest BCUT2D eigenvalue weighted by atomic mass is 35.5. The van der Waals surface area contributed by atoms with E-state index in [0.717, 1.165) is 0 Å². The number of morpholine rings is 1. The van der Waals surface area contributed by atoms with Crippen molar-refractivity contribution in [2.75, 3.05) is 19.0 Å². The molecule has 0 spiro atoms. The molecule has 2 unspecified atom stereocenters. The molecule has 0 bridgehead atoms. The molecule has 0 radical (unpaired) electrons. The topological polar surface area (TPSA) is 29.5 Å². The molecule has 1 aliphatic heterocycles. The van der Waals surface area contributed by atoms with Gasteiger partial charge < -0.3 is 9.64 Å². The molecule has 0 aromatic heterocycles. The maximum absolute atomic E-state index is 13.6. The highest BCUT2D eigenvalue weighted by molar-refractivity contribution is 6.18. The van der Waals surface area contributed by atoms with Crippen LogP contribution in [0.4, 0.5) is 4.39 Å². The van der Waals surface area contributed by atoms with Crippen LogP contribution in [0.3, 0.4) is 0 Å². The number of nitrogens with zero attached hydrogens (tertiary/aromatic N) is 1. The molecule has 18 heavy (non-hydrogen) atoms. The lowest BCUT2D eigenvalue weighted by atomic mass is 10.1. The second kappa shape index (κ2) is 5.67. The third-order valence-corrected chi connectivity index (χ3v) is 3.23. The molecule has 5 heteroatoms. The van der Waals surface area contributed by atoms with E-state index >= 15 is 0 Å². The number of ether oxygens (including phenoxy) is 1. The van der Waals surface area contributed by atoms with Crippen LogP contribution in [0.15, 0.2) is 24.3 Å². The molecule has 1 aromatic carbocycles. The number of rotatable bonds is 2. The Hall–Kier alpha value is -1.13. The van der Waals surface area contributed by atoms with Crippen molar-refractivity contribution >= 4 is 17.5 Å². The lowest BCUT2D eigenvalue weighted by Gasteiger charge is -2.36. The quantitative estimate of drug-likeness (QED) is 0.773. The van der Waals surface area contributed by atoms with Gasteiger partial charge in [0.1, 0.15) is 5.82 Å². The van der Waals surface area contributed by atoms with Gasteiger partial charge in [-0.3, -0.25) is 4.79 Å². The maximum atomic E-state index is 13.6. The van der Waals surface area contributed by atoms with Crippen molar-refractivity contribution in [3.05, 3.63) is 35.6 Å². The van der Waals surface area contributed by atoms with Crippen LogP contribution < -0.4 is 0 Å². The van der Waals surface area contributed by atoms with Crippen LogP contribution in [-0.2, 0) is 4.74 Å². The number of hydrogen-bond donors (Lipinski definition) is 0. The number of hydrogen-bond acceptors (Lipinski definition) is 2. The molecule has 2 rings (SSSR count). The van der Waals surface area contributed by atoms with E-state index in [-0.39, 0.29) is 23.7 Å². The van der Waals surface area contributed by atoms with Gasteiger partial charge in [-0.05, 0) is 19.1 Å². The van der Waals surface area contributed by atoms with Gasteiger partial charge in [-0.1, -0.05) is 12.1 Å². The molecular formula is C13H15ClFNO2. The zero-order valence-electron chi connectivity index (χ0n) is 10.1. The monoisotopic (exact) mass is 271 g/mol. The third-order valence-electron chi connectivity index (χ3n) is 2.89. The van der Waals surface area contributed by atoms with Gasteiger partial charge in [-0.25, -0.2) is 4.39 Å². The van der Waals surface area contributed by atoms with Crippen LogP contribution in [0.1, 0.15) is 17.3 Å². The second-order valence-electron chi connectivity index (χ2n) is 4.41. The first-order valence-electron chi connectivity index (χ1n) is 5.87. The summed E-state index contributed by atoms with van der Waals surface area (Å²) in [6, 6.07) is 6.00. The summed E-state index contributed by atoms with van der Waals surface area (Å²) in [6.07, 6.45) is -0.274. The van der Waals surface area contributed by atoms with E-state index < -0.39 is 5.82 Å². The molecule has 1 fully saturated rings. The van der Waals surface area contributed by atoms with Gasteiger partial charge >= 0.3 is 0 Å². The van der Waals surface area contributed by atoms with Crippen LogP contribution in [0.2, 0.25) is 0 Å². The van der Waals surface area contributed by atoms with Crippen LogP contribution in [-0.4, -0.2) is 42.0 Å². The first-order valence-corrected chi connectivity index (χ1v) is 6.40. The maximum Gasteiger partial charge on any atom is 0.257 e. The zero-order chi connectivity index (χ0) is 13.1. The Balaban J connectivity index is 2.16. The highest BCUT2D eigenvalue weighted by Gasteiger charge is 2.29. The van der Waals surface area contributed by atoms with E-state index in [4.69, 9.17) is 16.3 Å². The predicted molar refractivity (Wildman–Crippen MR) is 67.4 cm³/mol. The fraction of sp³-hybridized carbons (Fsp3) is 0.462. The van der Waals surface area contributed by atoms with Crippen molar-refractivity contribution < 1.29 is 13.9 Å².